The van der Waals surface area contributed by atoms with Crippen LogP contribution in [0.4, 0.5) is 0 Å². The lowest BCUT2D eigenvalue weighted by molar-refractivity contribution is 0.590. The van der Waals surface area contributed by atoms with Crippen LogP contribution in [-0.4, -0.2) is 9.97 Å². The first-order valence-corrected chi connectivity index (χ1v) is 16.1. The molecule has 7 aromatic rings. The second-order valence-corrected chi connectivity index (χ2v) is 14.6. The molecule has 0 bridgehead atoms. The molecule has 8 rings (SSSR count). The highest BCUT2D eigenvalue weighted by Crippen LogP contribution is 2.40. The Labute approximate surface area is 264 Å². The first kappa shape index (κ1) is 27.8. The third-order valence-electron chi connectivity index (χ3n) is 9.49. The van der Waals surface area contributed by atoms with E-state index >= 15 is 0 Å². The van der Waals surface area contributed by atoms with Gasteiger partial charge in [-0.3, -0.25) is 4.98 Å². The maximum absolute atomic E-state index is 6.42. The van der Waals surface area contributed by atoms with E-state index in [-0.39, 0.29) is 10.8 Å². The minimum atomic E-state index is 0.0392. The Morgan fingerprint density at radius 3 is 2.02 bits per heavy atom. The highest BCUT2D eigenvalue weighted by molar-refractivity contribution is 6.23. The minimum Gasteiger partial charge on any atom is -0.456 e. The van der Waals surface area contributed by atoms with E-state index in [9.17, 15) is 0 Å². The van der Waals surface area contributed by atoms with E-state index in [0.717, 1.165) is 68.4 Å². The van der Waals surface area contributed by atoms with Crippen LogP contribution >= 0.6 is 0 Å². The van der Waals surface area contributed by atoms with Crippen LogP contribution in [0.5, 0.6) is 0 Å². The molecular weight excluding hydrogens is 548 g/mol. The Morgan fingerprint density at radius 1 is 0.644 bits per heavy atom. The van der Waals surface area contributed by atoms with Crippen LogP contribution in [0, 0.1) is 0 Å². The third kappa shape index (κ3) is 4.56. The highest BCUT2D eigenvalue weighted by atomic mass is 16.3. The molecule has 0 fully saturated rings. The van der Waals surface area contributed by atoms with Crippen LogP contribution in [0.15, 0.2) is 95.6 Å². The number of furan rings is 1. The van der Waals surface area contributed by atoms with E-state index in [0.29, 0.717) is 0 Å². The van der Waals surface area contributed by atoms with Crippen LogP contribution in [0.1, 0.15) is 70.4 Å². The van der Waals surface area contributed by atoms with Gasteiger partial charge in [-0.25, -0.2) is 4.98 Å². The van der Waals surface area contributed by atoms with E-state index in [4.69, 9.17) is 14.4 Å². The Morgan fingerprint density at radius 2 is 1.31 bits per heavy atom. The number of aryl methyl sites for hydroxylation is 1. The summed E-state index contributed by atoms with van der Waals surface area (Å²) in [4.78, 5) is 10.4. The average Bonchev–Trinajstić information content (AvgIpc) is 3.42. The van der Waals surface area contributed by atoms with Crippen LogP contribution in [-0.2, 0) is 17.3 Å². The highest BCUT2D eigenvalue weighted by Gasteiger charge is 2.21. The lowest BCUT2D eigenvalue weighted by atomic mass is 9.83. The van der Waals surface area contributed by atoms with Crippen molar-refractivity contribution in [3.8, 4) is 22.4 Å². The number of allylic oxidation sites excluding steroid dienone is 1. The molecule has 2 aromatic heterocycles. The fourth-order valence-electron chi connectivity index (χ4n) is 6.87. The summed E-state index contributed by atoms with van der Waals surface area (Å²) in [5, 5.41) is 5.97. The SMILES string of the molecule is CC(C)(C)c1ccc2c(c1)c1cc(C(C)(C)C)ccc1c1nc(-c3cccc(-c4cccc5c6c(oc45)C=CCC6)c3)cnc21. The topological polar surface area (TPSA) is 38.9 Å². The molecule has 45 heavy (non-hydrogen) atoms. The molecule has 1 aliphatic carbocycles. The second-order valence-electron chi connectivity index (χ2n) is 14.6. The second kappa shape index (κ2) is 9.87. The molecular formula is C42H38N2O. The number of rotatable bonds is 2. The molecule has 2 heterocycles. The number of hydrogen-bond donors (Lipinski definition) is 0. The number of nitrogens with zero attached hydrogens (tertiary/aromatic N) is 2. The molecule has 0 spiro atoms. The number of benzene rings is 5. The zero-order valence-corrected chi connectivity index (χ0v) is 27.0. The summed E-state index contributed by atoms with van der Waals surface area (Å²) in [6, 6.07) is 28.9. The maximum Gasteiger partial charge on any atom is 0.142 e. The van der Waals surface area contributed by atoms with Gasteiger partial charge in [-0.05, 0) is 75.4 Å². The zero-order chi connectivity index (χ0) is 31.1. The summed E-state index contributed by atoms with van der Waals surface area (Å²) in [7, 11) is 0. The summed E-state index contributed by atoms with van der Waals surface area (Å²) < 4.78 is 6.42. The maximum atomic E-state index is 6.42. The number of hydrogen-bond acceptors (Lipinski definition) is 3. The van der Waals surface area contributed by atoms with E-state index in [1.54, 1.807) is 0 Å². The Kier molecular flexibility index (Phi) is 6.09. The fourth-order valence-corrected chi connectivity index (χ4v) is 6.87. The number of fused-ring (bicyclic) bond motifs is 9. The van der Waals surface area contributed by atoms with Crippen LogP contribution < -0.4 is 0 Å². The van der Waals surface area contributed by atoms with Crippen molar-refractivity contribution in [3.63, 3.8) is 0 Å². The van der Waals surface area contributed by atoms with Crippen molar-refractivity contribution in [2.75, 3.05) is 0 Å². The molecule has 0 radical (unpaired) electrons. The Balaban J connectivity index is 1.33. The number of para-hydroxylation sites is 1. The lowest BCUT2D eigenvalue weighted by Crippen LogP contribution is -2.11. The zero-order valence-electron chi connectivity index (χ0n) is 27.0. The first-order chi connectivity index (χ1) is 21.6. The largest absolute Gasteiger partial charge is 0.456 e. The average molecular weight is 587 g/mol. The molecule has 0 unspecified atom stereocenters. The fraction of sp³-hybridized carbons (Fsp3) is 0.238. The van der Waals surface area contributed by atoms with Crippen molar-refractivity contribution in [2.24, 2.45) is 0 Å². The minimum absolute atomic E-state index is 0.0392. The molecule has 3 nitrogen and oxygen atoms in total. The monoisotopic (exact) mass is 586 g/mol. The molecule has 3 heteroatoms. The van der Waals surface area contributed by atoms with Gasteiger partial charge in [0.2, 0.25) is 0 Å². The van der Waals surface area contributed by atoms with Crippen molar-refractivity contribution in [3.05, 3.63) is 114 Å². The summed E-state index contributed by atoms with van der Waals surface area (Å²) in [5.41, 5.74) is 11.0. The molecule has 5 aromatic carbocycles. The van der Waals surface area contributed by atoms with Gasteiger partial charge in [0.25, 0.3) is 0 Å². The predicted octanol–water partition coefficient (Wildman–Crippen LogP) is 11.6. The van der Waals surface area contributed by atoms with Gasteiger partial charge in [-0.15, -0.1) is 0 Å². The third-order valence-corrected chi connectivity index (χ3v) is 9.49. The molecule has 0 saturated heterocycles. The van der Waals surface area contributed by atoms with Gasteiger partial charge < -0.3 is 4.42 Å². The Hall–Kier alpha value is -4.76. The standard InChI is InChI=1S/C42H38N2O/c1-41(2,3)27-17-19-31-34(22-27)35-23-28(42(4,5)6)18-20-32(35)39-38(31)43-24-36(44-39)26-12-9-11-25(21-26)29-14-10-15-33-30-13-7-8-16-37(30)45-40(29)33/h8-12,14-24H,7,13H2,1-6H3. The molecule has 0 N–H and O–H groups in total. The molecule has 0 saturated carbocycles. The summed E-state index contributed by atoms with van der Waals surface area (Å²) >= 11 is 0. The van der Waals surface area contributed by atoms with Crippen molar-refractivity contribution < 1.29 is 4.42 Å². The van der Waals surface area contributed by atoms with E-state index in [1.165, 1.54) is 32.8 Å². The van der Waals surface area contributed by atoms with Gasteiger partial charge in [0.15, 0.2) is 0 Å². The quantitative estimate of drug-likeness (QED) is 0.189. The van der Waals surface area contributed by atoms with E-state index in [1.807, 2.05) is 6.20 Å². The van der Waals surface area contributed by atoms with Gasteiger partial charge in [-0.2, -0.15) is 0 Å². The van der Waals surface area contributed by atoms with Crippen LogP contribution in [0.25, 0.3) is 72.0 Å². The van der Waals surface area contributed by atoms with Crippen LogP contribution in [0.3, 0.4) is 0 Å². The van der Waals surface area contributed by atoms with Crippen molar-refractivity contribution in [1.29, 1.82) is 0 Å². The van der Waals surface area contributed by atoms with Gasteiger partial charge in [-0.1, -0.05) is 108 Å². The first-order valence-electron chi connectivity index (χ1n) is 16.1. The summed E-state index contributed by atoms with van der Waals surface area (Å²) in [6.45, 7) is 13.6. The van der Waals surface area contributed by atoms with Gasteiger partial charge in [0, 0.05) is 32.8 Å². The summed E-state index contributed by atoms with van der Waals surface area (Å²) in [6.07, 6.45) is 8.33. The molecule has 1 aliphatic rings. The summed E-state index contributed by atoms with van der Waals surface area (Å²) in [5.74, 6) is 0.989. The van der Waals surface area contributed by atoms with Crippen molar-refractivity contribution in [2.45, 2.75) is 65.2 Å². The van der Waals surface area contributed by atoms with Gasteiger partial charge >= 0.3 is 0 Å². The molecule has 222 valence electrons. The normalized spacial score (nSPS) is 13.7. The van der Waals surface area contributed by atoms with E-state index < -0.39 is 0 Å². The molecule has 0 amide bonds. The van der Waals surface area contributed by atoms with Crippen molar-refractivity contribution >= 4 is 49.6 Å². The smallest absolute Gasteiger partial charge is 0.142 e. The number of aromatic nitrogens is 2. The van der Waals surface area contributed by atoms with Gasteiger partial charge in [0.1, 0.15) is 11.3 Å². The Bertz CT molecular complexity index is 2340. The molecule has 0 atom stereocenters. The molecule has 0 aliphatic heterocycles. The van der Waals surface area contributed by atoms with Gasteiger partial charge in [0.05, 0.1) is 22.9 Å². The van der Waals surface area contributed by atoms with Crippen molar-refractivity contribution in [1.82, 2.24) is 9.97 Å². The van der Waals surface area contributed by atoms with E-state index in [2.05, 4.69) is 133 Å². The lowest BCUT2D eigenvalue weighted by Gasteiger charge is -2.22. The predicted molar refractivity (Wildman–Crippen MR) is 190 cm³/mol. The van der Waals surface area contributed by atoms with Crippen LogP contribution in [0.2, 0.25) is 0 Å².